The highest BCUT2D eigenvalue weighted by molar-refractivity contribution is 4.99. The number of nitrogens with zero attached hydrogens (tertiary/aromatic N) is 2. The number of alkyl halides is 1. The minimum atomic E-state index is -0.203. The third-order valence-electron chi connectivity index (χ3n) is 3.01. The molecule has 1 saturated heterocycles. The van der Waals surface area contributed by atoms with Crippen molar-refractivity contribution in [2.45, 2.75) is 12.5 Å². The van der Waals surface area contributed by atoms with Crippen molar-refractivity contribution in [2.75, 3.05) is 39.4 Å². The third kappa shape index (κ3) is 2.09. The molecule has 1 atom stereocenters. The van der Waals surface area contributed by atoms with Gasteiger partial charge < -0.3 is 0 Å². The van der Waals surface area contributed by atoms with E-state index in [4.69, 9.17) is 0 Å². The molecule has 13 heavy (non-hydrogen) atoms. The Morgan fingerprint density at radius 2 is 2.08 bits per heavy atom. The van der Waals surface area contributed by atoms with E-state index in [1.807, 2.05) is 0 Å². The van der Waals surface area contributed by atoms with Crippen molar-refractivity contribution in [3.05, 3.63) is 12.2 Å². The second-order valence-electron chi connectivity index (χ2n) is 3.86. The SMILES string of the molecule is FCCN1CCC(N2CC=CC2)C1. The average molecular weight is 184 g/mol. The van der Waals surface area contributed by atoms with Gasteiger partial charge in [0.1, 0.15) is 6.67 Å². The smallest absolute Gasteiger partial charge is 0.102 e. The van der Waals surface area contributed by atoms with Gasteiger partial charge in [-0.15, -0.1) is 0 Å². The molecule has 2 heterocycles. The molecule has 0 bridgehead atoms. The Kier molecular flexibility index (Phi) is 2.96. The lowest BCUT2D eigenvalue weighted by Crippen LogP contribution is -2.36. The maximum Gasteiger partial charge on any atom is 0.102 e. The van der Waals surface area contributed by atoms with Crippen LogP contribution in [0.1, 0.15) is 6.42 Å². The Balaban J connectivity index is 1.77. The van der Waals surface area contributed by atoms with Gasteiger partial charge in [0.15, 0.2) is 0 Å². The van der Waals surface area contributed by atoms with Gasteiger partial charge >= 0.3 is 0 Å². The van der Waals surface area contributed by atoms with Crippen molar-refractivity contribution in [2.24, 2.45) is 0 Å². The zero-order chi connectivity index (χ0) is 9.10. The van der Waals surface area contributed by atoms with Crippen LogP contribution in [0.3, 0.4) is 0 Å². The molecule has 0 aromatic rings. The van der Waals surface area contributed by atoms with E-state index in [-0.39, 0.29) is 6.67 Å². The van der Waals surface area contributed by atoms with Gasteiger partial charge in [-0.2, -0.15) is 0 Å². The minimum absolute atomic E-state index is 0.203. The van der Waals surface area contributed by atoms with Crippen LogP contribution in [0.5, 0.6) is 0 Å². The average Bonchev–Trinajstić information content (AvgIpc) is 2.70. The van der Waals surface area contributed by atoms with Crippen LogP contribution in [0.25, 0.3) is 0 Å². The van der Waals surface area contributed by atoms with Crippen molar-refractivity contribution in [1.82, 2.24) is 9.80 Å². The first-order chi connectivity index (χ1) is 6.40. The fourth-order valence-corrected chi connectivity index (χ4v) is 2.23. The topological polar surface area (TPSA) is 6.48 Å². The van der Waals surface area contributed by atoms with Gasteiger partial charge in [0.2, 0.25) is 0 Å². The molecule has 0 radical (unpaired) electrons. The fourth-order valence-electron chi connectivity index (χ4n) is 2.23. The molecular weight excluding hydrogens is 167 g/mol. The minimum Gasteiger partial charge on any atom is -0.299 e. The fraction of sp³-hybridized carbons (Fsp3) is 0.800. The van der Waals surface area contributed by atoms with Crippen molar-refractivity contribution in [3.63, 3.8) is 0 Å². The molecule has 2 rings (SSSR count). The first-order valence-corrected chi connectivity index (χ1v) is 5.07. The molecule has 0 aromatic carbocycles. The van der Waals surface area contributed by atoms with Crippen molar-refractivity contribution < 1.29 is 4.39 Å². The second-order valence-corrected chi connectivity index (χ2v) is 3.86. The Bertz CT molecular complexity index is 185. The van der Waals surface area contributed by atoms with Crippen molar-refractivity contribution >= 4 is 0 Å². The van der Waals surface area contributed by atoms with Gasteiger partial charge in [-0.3, -0.25) is 9.80 Å². The molecule has 0 N–H and O–H groups in total. The summed E-state index contributed by atoms with van der Waals surface area (Å²) in [5.41, 5.74) is 0. The molecule has 0 amide bonds. The van der Waals surface area contributed by atoms with Crippen LogP contribution in [-0.4, -0.2) is 55.2 Å². The number of halogens is 1. The quantitative estimate of drug-likeness (QED) is 0.601. The second kappa shape index (κ2) is 4.20. The van der Waals surface area contributed by atoms with E-state index in [1.54, 1.807) is 0 Å². The maximum absolute atomic E-state index is 12.1. The third-order valence-corrected chi connectivity index (χ3v) is 3.01. The van der Waals surface area contributed by atoms with E-state index in [0.29, 0.717) is 12.6 Å². The molecule has 1 fully saturated rings. The molecule has 1 unspecified atom stereocenters. The summed E-state index contributed by atoms with van der Waals surface area (Å²) in [6, 6.07) is 0.668. The number of hydrogen-bond donors (Lipinski definition) is 0. The summed E-state index contributed by atoms with van der Waals surface area (Å²) >= 11 is 0. The number of likely N-dealkylation sites (tertiary alicyclic amines) is 1. The number of hydrogen-bond acceptors (Lipinski definition) is 2. The van der Waals surface area contributed by atoms with Crippen LogP contribution in [0.4, 0.5) is 4.39 Å². The van der Waals surface area contributed by atoms with Gasteiger partial charge in [-0.25, -0.2) is 4.39 Å². The summed E-state index contributed by atoms with van der Waals surface area (Å²) in [4.78, 5) is 4.70. The molecule has 2 aliphatic heterocycles. The maximum atomic E-state index is 12.1. The molecule has 0 aliphatic carbocycles. The summed E-state index contributed by atoms with van der Waals surface area (Å²) in [6.07, 6.45) is 5.65. The highest BCUT2D eigenvalue weighted by Crippen LogP contribution is 2.17. The molecule has 2 aliphatic rings. The standard InChI is InChI=1S/C10H17FN2/c11-4-8-12-7-3-10(9-12)13-5-1-2-6-13/h1-2,10H,3-9H2. The molecule has 2 nitrogen and oxygen atoms in total. The Morgan fingerprint density at radius 1 is 1.31 bits per heavy atom. The van der Waals surface area contributed by atoms with Crippen LogP contribution < -0.4 is 0 Å². The van der Waals surface area contributed by atoms with E-state index in [9.17, 15) is 4.39 Å². The number of rotatable bonds is 3. The van der Waals surface area contributed by atoms with Gasteiger partial charge in [-0.1, -0.05) is 12.2 Å². The Hall–Kier alpha value is -0.410. The predicted molar refractivity (Wildman–Crippen MR) is 51.5 cm³/mol. The first-order valence-electron chi connectivity index (χ1n) is 5.07. The summed E-state index contributed by atoms with van der Waals surface area (Å²) in [5.74, 6) is 0. The van der Waals surface area contributed by atoms with Crippen molar-refractivity contribution in [3.8, 4) is 0 Å². The lowest BCUT2D eigenvalue weighted by molar-refractivity contribution is 0.232. The molecular formula is C10H17FN2. The molecule has 3 heteroatoms. The largest absolute Gasteiger partial charge is 0.299 e. The van der Waals surface area contributed by atoms with Gasteiger partial charge in [0.25, 0.3) is 0 Å². The highest BCUT2D eigenvalue weighted by Gasteiger charge is 2.27. The van der Waals surface area contributed by atoms with Gasteiger partial charge in [0, 0.05) is 32.2 Å². The summed E-state index contributed by atoms with van der Waals surface area (Å²) in [7, 11) is 0. The lowest BCUT2D eigenvalue weighted by Gasteiger charge is -2.23. The van der Waals surface area contributed by atoms with E-state index >= 15 is 0 Å². The molecule has 0 spiro atoms. The molecule has 0 aromatic heterocycles. The summed E-state index contributed by atoms with van der Waals surface area (Å²) in [6.45, 7) is 4.74. The Labute approximate surface area is 79.0 Å². The van der Waals surface area contributed by atoms with Crippen LogP contribution >= 0.6 is 0 Å². The zero-order valence-corrected chi connectivity index (χ0v) is 7.95. The summed E-state index contributed by atoms with van der Waals surface area (Å²) in [5, 5.41) is 0. The monoisotopic (exact) mass is 184 g/mol. The van der Waals surface area contributed by atoms with Crippen LogP contribution in [0, 0.1) is 0 Å². The van der Waals surface area contributed by atoms with Crippen LogP contribution in [-0.2, 0) is 0 Å². The zero-order valence-electron chi connectivity index (χ0n) is 7.95. The molecule has 74 valence electrons. The first kappa shape index (κ1) is 9.16. The summed E-state index contributed by atoms with van der Waals surface area (Å²) < 4.78 is 12.1. The molecule has 0 saturated carbocycles. The highest BCUT2D eigenvalue weighted by atomic mass is 19.1. The van der Waals surface area contributed by atoms with Gasteiger partial charge in [-0.05, 0) is 13.0 Å². The van der Waals surface area contributed by atoms with E-state index < -0.39 is 0 Å². The Morgan fingerprint density at radius 3 is 2.77 bits per heavy atom. The predicted octanol–water partition coefficient (Wildman–Crippen LogP) is 0.902. The normalized spacial score (nSPS) is 30.4. The van der Waals surface area contributed by atoms with Crippen LogP contribution in [0.2, 0.25) is 0 Å². The van der Waals surface area contributed by atoms with Crippen molar-refractivity contribution in [1.29, 1.82) is 0 Å². The van der Waals surface area contributed by atoms with E-state index in [2.05, 4.69) is 22.0 Å². The van der Waals surface area contributed by atoms with Gasteiger partial charge in [0.05, 0.1) is 0 Å². The van der Waals surface area contributed by atoms with E-state index in [0.717, 1.165) is 26.2 Å². The lowest BCUT2D eigenvalue weighted by atomic mass is 10.2. The van der Waals surface area contributed by atoms with E-state index in [1.165, 1.54) is 6.42 Å². The van der Waals surface area contributed by atoms with Crippen LogP contribution in [0.15, 0.2) is 12.2 Å².